The SMILES string of the molecule is C=C(C)C(=O)Nc1ccc(N(c2ccccc2)c2ccc(-c3ccc(N(c4ccccc4)c4ccccc4)cc3)cc2)cc1. The van der Waals surface area contributed by atoms with Crippen molar-refractivity contribution in [2.24, 2.45) is 0 Å². The van der Waals surface area contributed by atoms with Crippen LogP contribution >= 0.6 is 0 Å². The molecule has 0 bridgehead atoms. The number of para-hydroxylation sites is 3. The summed E-state index contributed by atoms with van der Waals surface area (Å²) >= 11 is 0. The zero-order valence-corrected chi connectivity index (χ0v) is 24.6. The van der Waals surface area contributed by atoms with Crippen LogP contribution < -0.4 is 15.1 Å². The molecule has 1 amide bonds. The Morgan fingerprint density at radius 1 is 0.455 bits per heavy atom. The van der Waals surface area contributed by atoms with E-state index >= 15 is 0 Å². The molecule has 0 aliphatic carbocycles. The molecule has 0 aliphatic heterocycles. The Morgan fingerprint density at radius 2 is 0.750 bits per heavy atom. The molecule has 0 fully saturated rings. The highest BCUT2D eigenvalue weighted by molar-refractivity contribution is 6.03. The van der Waals surface area contributed by atoms with Crippen molar-refractivity contribution in [3.05, 3.63) is 176 Å². The molecular formula is C40H33N3O. The molecule has 0 heterocycles. The van der Waals surface area contributed by atoms with Crippen LogP contribution in [0.3, 0.4) is 0 Å². The van der Waals surface area contributed by atoms with Gasteiger partial charge in [-0.05, 0) is 103 Å². The second-order valence-electron chi connectivity index (χ2n) is 10.6. The van der Waals surface area contributed by atoms with Gasteiger partial charge in [0.05, 0.1) is 0 Å². The van der Waals surface area contributed by atoms with Gasteiger partial charge in [-0.15, -0.1) is 0 Å². The van der Waals surface area contributed by atoms with Crippen LogP contribution in [0, 0.1) is 0 Å². The second-order valence-corrected chi connectivity index (χ2v) is 10.6. The van der Waals surface area contributed by atoms with Gasteiger partial charge in [-0.3, -0.25) is 4.79 Å². The van der Waals surface area contributed by atoms with Crippen LogP contribution in [0.1, 0.15) is 6.92 Å². The third-order valence-electron chi connectivity index (χ3n) is 7.40. The first-order valence-electron chi connectivity index (χ1n) is 14.6. The molecule has 4 heteroatoms. The monoisotopic (exact) mass is 571 g/mol. The van der Waals surface area contributed by atoms with E-state index in [4.69, 9.17) is 0 Å². The number of anilines is 7. The molecule has 0 aromatic heterocycles. The molecule has 214 valence electrons. The Kier molecular flexibility index (Phi) is 8.33. The highest BCUT2D eigenvalue weighted by Crippen LogP contribution is 2.38. The molecule has 6 aromatic carbocycles. The Morgan fingerprint density at radius 3 is 1.07 bits per heavy atom. The summed E-state index contributed by atoms with van der Waals surface area (Å²) < 4.78 is 0. The van der Waals surface area contributed by atoms with Crippen LogP contribution in [0.15, 0.2) is 176 Å². The molecule has 0 saturated carbocycles. The number of carbonyl (C=O) groups is 1. The normalized spacial score (nSPS) is 10.6. The molecule has 0 unspecified atom stereocenters. The molecule has 6 aromatic rings. The first kappa shape index (κ1) is 28.3. The number of nitrogens with one attached hydrogen (secondary N) is 1. The van der Waals surface area contributed by atoms with E-state index in [0.29, 0.717) is 5.57 Å². The number of amides is 1. The maximum absolute atomic E-state index is 12.1. The van der Waals surface area contributed by atoms with Crippen LogP contribution in [0.2, 0.25) is 0 Å². The van der Waals surface area contributed by atoms with Crippen molar-refractivity contribution in [2.75, 3.05) is 15.1 Å². The van der Waals surface area contributed by atoms with Gasteiger partial charge in [0.2, 0.25) is 0 Å². The molecule has 0 atom stereocenters. The van der Waals surface area contributed by atoms with Crippen molar-refractivity contribution in [2.45, 2.75) is 6.92 Å². The van der Waals surface area contributed by atoms with Gasteiger partial charge in [0.15, 0.2) is 0 Å². The van der Waals surface area contributed by atoms with Gasteiger partial charge in [0.25, 0.3) is 5.91 Å². The van der Waals surface area contributed by atoms with Crippen LogP contribution in [0.4, 0.5) is 39.8 Å². The summed E-state index contributed by atoms with van der Waals surface area (Å²) in [5.74, 6) is -0.186. The summed E-state index contributed by atoms with van der Waals surface area (Å²) in [6.45, 7) is 5.42. The third kappa shape index (κ3) is 6.30. The molecule has 0 saturated heterocycles. The smallest absolute Gasteiger partial charge is 0.250 e. The van der Waals surface area contributed by atoms with Gasteiger partial charge < -0.3 is 15.1 Å². The van der Waals surface area contributed by atoms with Gasteiger partial charge >= 0.3 is 0 Å². The maximum Gasteiger partial charge on any atom is 0.250 e. The fraction of sp³-hybridized carbons (Fsp3) is 0.0250. The summed E-state index contributed by atoms with van der Waals surface area (Å²) in [6, 6.07) is 56.3. The van der Waals surface area contributed by atoms with E-state index in [9.17, 15) is 4.79 Å². The van der Waals surface area contributed by atoms with E-state index in [-0.39, 0.29) is 5.91 Å². The zero-order valence-electron chi connectivity index (χ0n) is 24.6. The van der Waals surface area contributed by atoms with Crippen molar-refractivity contribution >= 4 is 45.7 Å². The fourth-order valence-corrected chi connectivity index (χ4v) is 5.16. The molecule has 0 radical (unpaired) electrons. The molecule has 6 rings (SSSR count). The first-order chi connectivity index (χ1) is 21.6. The van der Waals surface area contributed by atoms with E-state index in [1.54, 1.807) is 6.92 Å². The maximum atomic E-state index is 12.1. The van der Waals surface area contributed by atoms with Crippen molar-refractivity contribution in [1.82, 2.24) is 0 Å². The molecule has 0 aliphatic rings. The van der Waals surface area contributed by atoms with Crippen LogP contribution in [0.25, 0.3) is 11.1 Å². The summed E-state index contributed by atoms with van der Waals surface area (Å²) in [5, 5.41) is 2.88. The predicted molar refractivity (Wildman–Crippen MR) is 185 cm³/mol. The van der Waals surface area contributed by atoms with E-state index in [1.807, 2.05) is 54.6 Å². The average Bonchev–Trinajstić information content (AvgIpc) is 3.08. The van der Waals surface area contributed by atoms with Crippen molar-refractivity contribution in [3.8, 4) is 11.1 Å². The number of hydrogen-bond acceptors (Lipinski definition) is 3. The minimum Gasteiger partial charge on any atom is -0.322 e. The predicted octanol–water partition coefficient (Wildman–Crippen LogP) is 10.8. The average molecular weight is 572 g/mol. The molecule has 44 heavy (non-hydrogen) atoms. The summed E-state index contributed by atoms with van der Waals surface area (Å²) in [4.78, 5) is 16.5. The number of rotatable bonds is 9. The Hall–Kier alpha value is -5.87. The zero-order chi connectivity index (χ0) is 30.3. The summed E-state index contributed by atoms with van der Waals surface area (Å²) in [5.41, 5.74) is 9.88. The quantitative estimate of drug-likeness (QED) is 0.175. The largest absolute Gasteiger partial charge is 0.322 e. The highest BCUT2D eigenvalue weighted by Gasteiger charge is 2.14. The lowest BCUT2D eigenvalue weighted by molar-refractivity contribution is -0.112. The van der Waals surface area contributed by atoms with Crippen LogP contribution in [0.5, 0.6) is 0 Å². The van der Waals surface area contributed by atoms with Crippen LogP contribution in [-0.2, 0) is 4.79 Å². The third-order valence-corrected chi connectivity index (χ3v) is 7.40. The second kappa shape index (κ2) is 13.0. The number of nitrogens with zero attached hydrogens (tertiary/aromatic N) is 2. The van der Waals surface area contributed by atoms with Crippen LogP contribution in [-0.4, -0.2) is 5.91 Å². The molecule has 4 nitrogen and oxygen atoms in total. The minimum atomic E-state index is -0.186. The van der Waals surface area contributed by atoms with Crippen molar-refractivity contribution in [3.63, 3.8) is 0 Å². The lowest BCUT2D eigenvalue weighted by Gasteiger charge is -2.26. The van der Waals surface area contributed by atoms with Gasteiger partial charge in [-0.25, -0.2) is 0 Å². The number of benzene rings is 6. The standard InChI is InChI=1S/C40H33N3O/c1-30(2)40(44)41-33-22-28-39(29-23-33)43(36-16-10-5-11-17-36)38-26-20-32(21-27-38)31-18-24-37(25-19-31)42(34-12-6-3-7-13-34)35-14-8-4-9-15-35/h3-29H,1H2,2H3,(H,41,44). The highest BCUT2D eigenvalue weighted by atomic mass is 16.1. The van der Waals surface area contributed by atoms with Gasteiger partial charge in [-0.1, -0.05) is 85.4 Å². The fourth-order valence-electron chi connectivity index (χ4n) is 5.16. The van der Waals surface area contributed by atoms with E-state index < -0.39 is 0 Å². The summed E-state index contributed by atoms with van der Waals surface area (Å²) in [7, 11) is 0. The van der Waals surface area contributed by atoms with Gasteiger partial charge in [0.1, 0.15) is 0 Å². The van der Waals surface area contributed by atoms with Gasteiger partial charge in [-0.2, -0.15) is 0 Å². The van der Waals surface area contributed by atoms with Gasteiger partial charge in [0, 0.05) is 45.4 Å². The lowest BCUT2D eigenvalue weighted by Crippen LogP contribution is -2.12. The first-order valence-corrected chi connectivity index (χ1v) is 14.6. The minimum absolute atomic E-state index is 0.186. The molecular weight excluding hydrogens is 538 g/mol. The molecule has 0 spiro atoms. The van der Waals surface area contributed by atoms with E-state index in [2.05, 4.69) is 131 Å². The van der Waals surface area contributed by atoms with E-state index in [1.165, 1.54) is 0 Å². The Bertz CT molecular complexity index is 1790. The molecule has 1 N–H and O–H groups in total. The Labute approximate surface area is 259 Å². The van der Waals surface area contributed by atoms with Crippen molar-refractivity contribution < 1.29 is 4.79 Å². The Balaban J connectivity index is 1.28. The van der Waals surface area contributed by atoms with E-state index in [0.717, 1.165) is 50.9 Å². The topological polar surface area (TPSA) is 35.6 Å². The summed E-state index contributed by atoms with van der Waals surface area (Å²) in [6.07, 6.45) is 0. The lowest BCUT2D eigenvalue weighted by atomic mass is 10.0. The number of carbonyl (C=O) groups excluding carboxylic acids is 1. The van der Waals surface area contributed by atoms with Crippen molar-refractivity contribution in [1.29, 1.82) is 0 Å². The number of hydrogen-bond donors (Lipinski definition) is 1.